The Labute approximate surface area is 136 Å². The first-order valence-electron chi connectivity index (χ1n) is 6.33. The van der Waals surface area contributed by atoms with E-state index in [2.05, 4.69) is 59.2 Å². The van der Waals surface area contributed by atoms with Gasteiger partial charge in [-0.2, -0.15) is 0 Å². The third kappa shape index (κ3) is 4.27. The Morgan fingerprint density at radius 2 is 1.65 bits per heavy atom. The highest BCUT2D eigenvalue weighted by atomic mass is 79.9. The number of carbonyl (C=O) groups excluding carboxylic acids is 2. The van der Waals surface area contributed by atoms with Gasteiger partial charge in [0.2, 0.25) is 0 Å². The largest absolute Gasteiger partial charge is 0.379 e. The smallest absolute Gasteiger partial charge is 0.269 e. The van der Waals surface area contributed by atoms with Crippen molar-refractivity contribution in [1.29, 1.82) is 0 Å². The maximum atomic E-state index is 11.7. The lowest BCUT2D eigenvalue weighted by atomic mass is 9.86. The lowest BCUT2D eigenvalue weighted by Gasteiger charge is -2.22. The van der Waals surface area contributed by atoms with E-state index in [4.69, 9.17) is 4.74 Å². The molecule has 0 radical (unpaired) electrons. The van der Waals surface area contributed by atoms with Gasteiger partial charge in [-0.1, -0.05) is 32.9 Å². The molecule has 112 valence electrons. The van der Waals surface area contributed by atoms with Crippen molar-refractivity contribution < 1.29 is 14.3 Å². The molecule has 0 spiro atoms. The van der Waals surface area contributed by atoms with E-state index < -0.39 is 0 Å². The highest BCUT2D eigenvalue weighted by Gasteiger charge is 2.35. The molecule has 1 heterocycles. The summed E-state index contributed by atoms with van der Waals surface area (Å²) in [6, 6.07) is 0. The fraction of sp³-hybridized carbons (Fsp3) is 0.571. The quantitative estimate of drug-likeness (QED) is 0.384. The summed E-state index contributed by atoms with van der Waals surface area (Å²) < 4.78 is 6.01. The van der Waals surface area contributed by atoms with Crippen molar-refractivity contribution in [2.45, 2.75) is 27.2 Å². The standard InChI is InChI=1S/C14H19Br2NO3/c1-9(14(2,3)4)5-7-20-8-6-17-12(18)10(15)11(16)13(17)19/h1,5-8H2,2-4H3. The van der Waals surface area contributed by atoms with Crippen LogP contribution in [0.25, 0.3) is 0 Å². The first-order valence-corrected chi connectivity index (χ1v) is 7.92. The molecule has 0 N–H and O–H groups in total. The van der Waals surface area contributed by atoms with E-state index in [1.165, 1.54) is 0 Å². The molecule has 0 aromatic heterocycles. The van der Waals surface area contributed by atoms with Gasteiger partial charge in [-0.3, -0.25) is 14.5 Å². The molecule has 1 aliphatic heterocycles. The molecule has 0 aromatic rings. The van der Waals surface area contributed by atoms with Gasteiger partial charge in [-0.15, -0.1) is 0 Å². The average Bonchev–Trinajstić information content (AvgIpc) is 2.54. The normalized spacial score (nSPS) is 16.4. The topological polar surface area (TPSA) is 46.6 Å². The van der Waals surface area contributed by atoms with E-state index >= 15 is 0 Å². The number of hydrogen-bond acceptors (Lipinski definition) is 3. The molecule has 0 aliphatic carbocycles. The lowest BCUT2D eigenvalue weighted by molar-refractivity contribution is -0.137. The number of hydrogen-bond donors (Lipinski definition) is 0. The Morgan fingerprint density at radius 3 is 2.10 bits per heavy atom. The average molecular weight is 409 g/mol. The van der Waals surface area contributed by atoms with Gasteiger partial charge < -0.3 is 4.74 Å². The van der Waals surface area contributed by atoms with Gasteiger partial charge in [0.25, 0.3) is 11.8 Å². The van der Waals surface area contributed by atoms with Crippen molar-refractivity contribution in [3.63, 3.8) is 0 Å². The predicted molar refractivity (Wildman–Crippen MR) is 85.6 cm³/mol. The molecule has 2 amide bonds. The molecule has 20 heavy (non-hydrogen) atoms. The van der Waals surface area contributed by atoms with E-state index in [1.54, 1.807) is 0 Å². The second kappa shape index (κ2) is 7.00. The van der Waals surface area contributed by atoms with E-state index in [0.29, 0.717) is 13.2 Å². The molecule has 0 fully saturated rings. The Morgan fingerprint density at radius 1 is 1.15 bits per heavy atom. The van der Waals surface area contributed by atoms with Gasteiger partial charge in [-0.05, 0) is 43.7 Å². The molecule has 0 saturated heterocycles. The van der Waals surface area contributed by atoms with Gasteiger partial charge in [0.1, 0.15) is 8.96 Å². The summed E-state index contributed by atoms with van der Waals surface area (Å²) in [5.41, 5.74) is 1.20. The molecular weight excluding hydrogens is 390 g/mol. The zero-order valence-electron chi connectivity index (χ0n) is 12.0. The second-order valence-electron chi connectivity index (χ2n) is 5.61. The van der Waals surface area contributed by atoms with Crippen LogP contribution in [-0.2, 0) is 14.3 Å². The number of halogens is 2. The summed E-state index contributed by atoms with van der Waals surface area (Å²) in [6.45, 7) is 11.5. The Bertz CT molecular complexity index is 440. The van der Waals surface area contributed by atoms with Crippen molar-refractivity contribution >= 4 is 43.7 Å². The number of imide groups is 1. The minimum absolute atomic E-state index is 0.0733. The van der Waals surface area contributed by atoms with Crippen LogP contribution in [0, 0.1) is 5.41 Å². The summed E-state index contributed by atoms with van der Waals surface area (Å²) in [7, 11) is 0. The van der Waals surface area contributed by atoms with E-state index in [-0.39, 0.29) is 32.7 Å². The molecule has 0 saturated carbocycles. The number of nitrogens with zero attached hydrogens (tertiary/aromatic N) is 1. The Hall–Kier alpha value is -0.460. The molecule has 0 unspecified atom stereocenters. The lowest BCUT2D eigenvalue weighted by Crippen LogP contribution is -2.34. The van der Waals surface area contributed by atoms with Crippen LogP contribution >= 0.6 is 31.9 Å². The predicted octanol–water partition coefficient (Wildman–Crippen LogP) is 3.37. The Balaban J connectivity index is 2.29. The molecule has 0 aromatic carbocycles. The van der Waals surface area contributed by atoms with Crippen LogP contribution in [-0.4, -0.2) is 36.5 Å². The van der Waals surface area contributed by atoms with Crippen LogP contribution in [0.1, 0.15) is 27.2 Å². The third-order valence-electron chi connectivity index (χ3n) is 3.13. The molecule has 1 aliphatic rings. The molecule has 4 nitrogen and oxygen atoms in total. The SMILES string of the molecule is C=C(CCOCCN1C(=O)C(Br)=C(Br)C1=O)C(C)(C)C. The van der Waals surface area contributed by atoms with Crippen LogP contribution in [0.2, 0.25) is 0 Å². The van der Waals surface area contributed by atoms with E-state index in [1.807, 2.05) is 0 Å². The number of carbonyl (C=O) groups is 2. The maximum Gasteiger partial charge on any atom is 0.269 e. The monoisotopic (exact) mass is 407 g/mol. The van der Waals surface area contributed by atoms with Gasteiger partial charge in [0.05, 0.1) is 19.8 Å². The van der Waals surface area contributed by atoms with Crippen LogP contribution in [0.4, 0.5) is 0 Å². The number of rotatable bonds is 6. The van der Waals surface area contributed by atoms with Crippen molar-refractivity contribution in [2.75, 3.05) is 19.8 Å². The zero-order chi connectivity index (χ0) is 15.5. The highest BCUT2D eigenvalue weighted by molar-refractivity contribution is 9.14. The van der Waals surface area contributed by atoms with Crippen LogP contribution in [0.5, 0.6) is 0 Å². The van der Waals surface area contributed by atoms with Crippen molar-refractivity contribution in [1.82, 2.24) is 4.90 Å². The first-order chi connectivity index (χ1) is 9.16. The van der Waals surface area contributed by atoms with E-state index in [0.717, 1.165) is 16.9 Å². The molecule has 0 atom stereocenters. The van der Waals surface area contributed by atoms with Gasteiger partial charge in [0, 0.05) is 0 Å². The number of amides is 2. The Kier molecular flexibility index (Phi) is 6.16. The molecule has 6 heteroatoms. The fourth-order valence-corrected chi connectivity index (χ4v) is 2.32. The minimum atomic E-state index is -0.329. The van der Waals surface area contributed by atoms with Gasteiger partial charge >= 0.3 is 0 Å². The van der Waals surface area contributed by atoms with Crippen LogP contribution < -0.4 is 0 Å². The number of ether oxygens (including phenoxy) is 1. The first kappa shape index (κ1) is 17.6. The zero-order valence-corrected chi connectivity index (χ0v) is 15.1. The van der Waals surface area contributed by atoms with Gasteiger partial charge in [0.15, 0.2) is 0 Å². The minimum Gasteiger partial charge on any atom is -0.379 e. The maximum absolute atomic E-state index is 11.7. The van der Waals surface area contributed by atoms with Crippen LogP contribution in [0.15, 0.2) is 21.1 Å². The van der Waals surface area contributed by atoms with E-state index in [9.17, 15) is 9.59 Å². The summed E-state index contributed by atoms with van der Waals surface area (Å²) >= 11 is 6.16. The molecule has 0 bridgehead atoms. The van der Waals surface area contributed by atoms with Crippen molar-refractivity contribution in [3.05, 3.63) is 21.1 Å². The van der Waals surface area contributed by atoms with Crippen LogP contribution in [0.3, 0.4) is 0 Å². The summed E-state index contributed by atoms with van der Waals surface area (Å²) in [4.78, 5) is 24.6. The fourth-order valence-electron chi connectivity index (χ4n) is 1.55. The van der Waals surface area contributed by atoms with Crippen molar-refractivity contribution in [2.24, 2.45) is 5.41 Å². The summed E-state index contributed by atoms with van der Waals surface area (Å²) in [5, 5.41) is 0. The summed E-state index contributed by atoms with van der Waals surface area (Å²) in [5.74, 6) is -0.658. The summed E-state index contributed by atoms with van der Waals surface area (Å²) in [6.07, 6.45) is 0.775. The molecule has 1 rings (SSSR count). The van der Waals surface area contributed by atoms with Gasteiger partial charge in [-0.25, -0.2) is 0 Å². The third-order valence-corrected chi connectivity index (χ3v) is 5.13. The second-order valence-corrected chi connectivity index (χ2v) is 7.19. The van der Waals surface area contributed by atoms with Crippen molar-refractivity contribution in [3.8, 4) is 0 Å². The molecular formula is C14H19Br2NO3. The highest BCUT2D eigenvalue weighted by Crippen LogP contribution is 2.29.